The molecule has 3 heterocycles. The minimum absolute atomic E-state index is 0.372. The van der Waals surface area contributed by atoms with Crippen molar-refractivity contribution >= 4 is 40.2 Å². The van der Waals surface area contributed by atoms with E-state index in [1.54, 1.807) is 0 Å². The van der Waals surface area contributed by atoms with Crippen LogP contribution in [0.3, 0.4) is 0 Å². The fourth-order valence-electron chi connectivity index (χ4n) is 3.19. The third kappa shape index (κ3) is 2.66. The molecule has 7 heteroatoms. The summed E-state index contributed by atoms with van der Waals surface area (Å²) in [6.07, 6.45) is 2.83. The van der Waals surface area contributed by atoms with Crippen LogP contribution in [-0.4, -0.2) is 52.2 Å². The Morgan fingerprint density at radius 1 is 1.14 bits per heavy atom. The Hall–Kier alpha value is -1.04. The lowest BCUT2D eigenvalue weighted by atomic mass is 10.3. The Kier molecular flexibility index (Phi) is 3.67. The van der Waals surface area contributed by atoms with Crippen molar-refractivity contribution in [3.05, 3.63) is 16.4 Å². The maximum Gasteiger partial charge on any atom is 0.206 e. The van der Waals surface area contributed by atoms with Crippen molar-refractivity contribution in [2.45, 2.75) is 12.8 Å². The molecule has 0 aromatic carbocycles. The van der Waals surface area contributed by atoms with E-state index in [-0.39, 0.29) is 0 Å². The SMILES string of the molecule is Cn1c(N2CCN(CC3CC3)CC2)nc2c(Cl)nc(Cl)cc21. The van der Waals surface area contributed by atoms with Crippen LogP contribution in [-0.2, 0) is 7.05 Å². The molecule has 1 aliphatic heterocycles. The third-order valence-electron chi connectivity index (χ3n) is 4.64. The van der Waals surface area contributed by atoms with Gasteiger partial charge in [-0.2, -0.15) is 0 Å². The van der Waals surface area contributed by atoms with Gasteiger partial charge in [0.1, 0.15) is 10.7 Å². The van der Waals surface area contributed by atoms with Crippen molar-refractivity contribution in [3.63, 3.8) is 0 Å². The molecule has 0 N–H and O–H groups in total. The number of imidazole rings is 1. The molecule has 1 saturated heterocycles. The van der Waals surface area contributed by atoms with Crippen LogP contribution >= 0.6 is 23.2 Å². The van der Waals surface area contributed by atoms with Crippen LogP contribution < -0.4 is 4.90 Å². The Labute approximate surface area is 139 Å². The van der Waals surface area contributed by atoms with Gasteiger partial charge in [-0.3, -0.25) is 4.90 Å². The number of aromatic nitrogens is 3. The molecule has 4 rings (SSSR count). The van der Waals surface area contributed by atoms with E-state index in [1.807, 2.05) is 13.1 Å². The summed E-state index contributed by atoms with van der Waals surface area (Å²) in [6, 6.07) is 1.82. The van der Waals surface area contributed by atoms with Crippen LogP contribution in [0.4, 0.5) is 5.95 Å². The molecule has 2 aliphatic rings. The molecule has 22 heavy (non-hydrogen) atoms. The van der Waals surface area contributed by atoms with Crippen LogP contribution in [0, 0.1) is 5.92 Å². The number of hydrogen-bond acceptors (Lipinski definition) is 4. The largest absolute Gasteiger partial charge is 0.340 e. The molecular weight excluding hydrogens is 321 g/mol. The van der Waals surface area contributed by atoms with Crippen LogP contribution in [0.5, 0.6) is 0 Å². The molecule has 5 nitrogen and oxygen atoms in total. The molecule has 0 bridgehead atoms. The van der Waals surface area contributed by atoms with Gasteiger partial charge in [-0.15, -0.1) is 0 Å². The van der Waals surface area contributed by atoms with E-state index in [4.69, 9.17) is 28.2 Å². The highest BCUT2D eigenvalue weighted by atomic mass is 35.5. The maximum atomic E-state index is 6.18. The van der Waals surface area contributed by atoms with E-state index < -0.39 is 0 Å². The van der Waals surface area contributed by atoms with Gasteiger partial charge in [-0.25, -0.2) is 9.97 Å². The van der Waals surface area contributed by atoms with Crippen molar-refractivity contribution in [2.75, 3.05) is 37.6 Å². The summed E-state index contributed by atoms with van der Waals surface area (Å²) in [6.45, 7) is 5.48. The zero-order chi connectivity index (χ0) is 15.3. The van der Waals surface area contributed by atoms with Crippen LogP contribution in [0.2, 0.25) is 10.3 Å². The summed E-state index contributed by atoms with van der Waals surface area (Å²) in [5.74, 6) is 1.90. The minimum atomic E-state index is 0.372. The standard InChI is InChI=1S/C15H19Cl2N5/c1-20-11-8-12(16)18-14(17)13(11)19-15(20)22-6-4-21(5-7-22)9-10-2-3-10/h8,10H,2-7,9H2,1H3. The van der Waals surface area contributed by atoms with Gasteiger partial charge in [0.25, 0.3) is 0 Å². The average molecular weight is 340 g/mol. The zero-order valence-electron chi connectivity index (χ0n) is 12.6. The molecule has 1 aliphatic carbocycles. The van der Waals surface area contributed by atoms with Crippen molar-refractivity contribution in [1.82, 2.24) is 19.4 Å². The van der Waals surface area contributed by atoms with E-state index in [2.05, 4.69) is 19.4 Å². The molecule has 2 fully saturated rings. The lowest BCUT2D eigenvalue weighted by molar-refractivity contribution is 0.246. The van der Waals surface area contributed by atoms with Gasteiger partial charge in [0.2, 0.25) is 5.95 Å². The second-order valence-corrected chi connectivity index (χ2v) is 7.05. The van der Waals surface area contributed by atoms with Gasteiger partial charge in [-0.05, 0) is 18.8 Å². The van der Waals surface area contributed by atoms with E-state index >= 15 is 0 Å². The first-order valence-electron chi connectivity index (χ1n) is 7.77. The predicted molar refractivity (Wildman–Crippen MR) is 89.9 cm³/mol. The highest BCUT2D eigenvalue weighted by Gasteiger charge is 2.27. The number of rotatable bonds is 3. The lowest BCUT2D eigenvalue weighted by Gasteiger charge is -2.35. The second kappa shape index (κ2) is 5.55. The first-order chi connectivity index (χ1) is 10.6. The molecule has 0 spiro atoms. The lowest BCUT2D eigenvalue weighted by Crippen LogP contribution is -2.47. The fraction of sp³-hybridized carbons (Fsp3) is 0.600. The number of hydrogen-bond donors (Lipinski definition) is 0. The number of fused-ring (bicyclic) bond motifs is 1. The van der Waals surface area contributed by atoms with E-state index in [0.717, 1.165) is 49.1 Å². The van der Waals surface area contributed by atoms with Crippen LogP contribution in [0.1, 0.15) is 12.8 Å². The van der Waals surface area contributed by atoms with Crippen molar-refractivity contribution in [1.29, 1.82) is 0 Å². The predicted octanol–water partition coefficient (Wildman–Crippen LogP) is 2.81. The Bertz CT molecular complexity index is 702. The number of anilines is 1. The Morgan fingerprint density at radius 2 is 1.86 bits per heavy atom. The first-order valence-corrected chi connectivity index (χ1v) is 8.53. The molecule has 0 amide bonds. The number of aryl methyl sites for hydroxylation is 1. The maximum absolute atomic E-state index is 6.18. The number of nitrogens with zero attached hydrogens (tertiary/aromatic N) is 5. The quantitative estimate of drug-likeness (QED) is 0.806. The summed E-state index contributed by atoms with van der Waals surface area (Å²) in [5.41, 5.74) is 1.66. The minimum Gasteiger partial charge on any atom is -0.340 e. The van der Waals surface area contributed by atoms with E-state index in [9.17, 15) is 0 Å². The van der Waals surface area contributed by atoms with Gasteiger partial charge < -0.3 is 9.47 Å². The highest BCUT2D eigenvalue weighted by molar-refractivity contribution is 6.36. The van der Waals surface area contributed by atoms with Gasteiger partial charge in [-0.1, -0.05) is 23.2 Å². The normalized spacial score (nSPS) is 20.0. The Morgan fingerprint density at radius 3 is 2.55 bits per heavy atom. The smallest absolute Gasteiger partial charge is 0.206 e. The van der Waals surface area contributed by atoms with Crippen molar-refractivity contribution in [3.8, 4) is 0 Å². The van der Waals surface area contributed by atoms with Gasteiger partial charge in [0, 0.05) is 45.8 Å². The fourth-order valence-corrected chi connectivity index (χ4v) is 3.65. The van der Waals surface area contributed by atoms with Crippen molar-refractivity contribution < 1.29 is 0 Å². The molecule has 118 valence electrons. The summed E-state index contributed by atoms with van der Waals surface area (Å²) < 4.78 is 2.06. The highest BCUT2D eigenvalue weighted by Crippen LogP contribution is 2.31. The topological polar surface area (TPSA) is 37.2 Å². The second-order valence-electron chi connectivity index (χ2n) is 6.31. The summed E-state index contributed by atoms with van der Waals surface area (Å²) in [4.78, 5) is 13.7. The Balaban J connectivity index is 1.56. The zero-order valence-corrected chi connectivity index (χ0v) is 14.1. The van der Waals surface area contributed by atoms with Crippen LogP contribution in [0.25, 0.3) is 11.0 Å². The number of halogens is 2. The average Bonchev–Trinajstić information content (AvgIpc) is 3.24. The third-order valence-corrected chi connectivity index (χ3v) is 5.10. The number of pyridine rings is 1. The summed E-state index contributed by atoms with van der Waals surface area (Å²) in [5, 5.41) is 0.776. The molecule has 2 aromatic rings. The van der Waals surface area contributed by atoms with Gasteiger partial charge >= 0.3 is 0 Å². The van der Waals surface area contributed by atoms with E-state index in [1.165, 1.54) is 19.4 Å². The molecule has 2 aromatic heterocycles. The molecular formula is C15H19Cl2N5. The molecule has 0 unspecified atom stereocenters. The molecule has 0 radical (unpaired) electrons. The first kappa shape index (κ1) is 14.5. The number of piperazine rings is 1. The van der Waals surface area contributed by atoms with Crippen molar-refractivity contribution in [2.24, 2.45) is 13.0 Å². The van der Waals surface area contributed by atoms with Gasteiger partial charge in [0.05, 0.1) is 5.52 Å². The van der Waals surface area contributed by atoms with E-state index in [0.29, 0.717) is 10.3 Å². The van der Waals surface area contributed by atoms with Gasteiger partial charge in [0.15, 0.2) is 5.15 Å². The monoisotopic (exact) mass is 339 g/mol. The van der Waals surface area contributed by atoms with Crippen LogP contribution in [0.15, 0.2) is 6.07 Å². The summed E-state index contributed by atoms with van der Waals surface area (Å²) in [7, 11) is 2.01. The summed E-state index contributed by atoms with van der Waals surface area (Å²) >= 11 is 12.2. The molecule has 0 atom stereocenters. The molecule has 1 saturated carbocycles.